The van der Waals surface area contributed by atoms with Crippen LogP contribution in [0.4, 0.5) is 0 Å². The van der Waals surface area contributed by atoms with Gasteiger partial charge >= 0.3 is 0 Å². The number of hydrogen-bond donors (Lipinski definition) is 2. The Morgan fingerprint density at radius 2 is 1.57 bits per heavy atom. The number of rotatable bonds is 1. The molecule has 0 bridgehead atoms. The van der Waals surface area contributed by atoms with Crippen molar-refractivity contribution in [2.45, 2.75) is 51.9 Å². The minimum Gasteiger partial charge on any atom is -0.280 e. The van der Waals surface area contributed by atoms with E-state index in [0.717, 1.165) is 5.84 Å². The predicted octanol–water partition coefficient (Wildman–Crippen LogP) is 1.29. The molecule has 0 heterocycles. The Morgan fingerprint density at radius 3 is 1.79 bits per heavy atom. The van der Waals surface area contributed by atoms with Crippen molar-refractivity contribution in [2.24, 2.45) is 5.41 Å². The van der Waals surface area contributed by atoms with E-state index in [2.05, 4.69) is 67.8 Å². The van der Waals surface area contributed by atoms with Gasteiger partial charge in [0.25, 0.3) is 5.84 Å². The molecule has 0 aromatic heterocycles. The summed E-state index contributed by atoms with van der Waals surface area (Å²) in [5.41, 5.74) is 0.298. The fraction of sp³-hybridized carbons (Fsp3) is 0.909. The summed E-state index contributed by atoms with van der Waals surface area (Å²) in [6.45, 7) is 13.1. The molecule has 0 saturated carbocycles. The first-order valence-corrected chi connectivity index (χ1v) is 5.96. The Balaban J connectivity index is 4.62. The van der Waals surface area contributed by atoms with E-state index >= 15 is 0 Å². The van der Waals surface area contributed by atoms with Crippen molar-refractivity contribution < 1.29 is 4.99 Å². The van der Waals surface area contributed by atoms with Crippen LogP contribution < -0.4 is 10.3 Å². The number of nitrogens with one attached hydrogen (secondary N) is 2. The highest BCUT2D eigenvalue weighted by atomic mass is 79.9. The average molecular weight is 264 g/mol. The Hall–Kier alpha value is -0.0500. The molecule has 14 heavy (non-hydrogen) atoms. The standard InChI is InChI=1S/C11H23BrN2/c1-10(2,3)8(12)9(13-7)14-11(4,5)6/h8H,1-7H3,(H,13,14)/p+1. The molecular weight excluding hydrogens is 240 g/mol. The minimum atomic E-state index is 0.0929. The van der Waals surface area contributed by atoms with Crippen LogP contribution in [0.25, 0.3) is 0 Å². The maximum absolute atomic E-state index is 3.72. The largest absolute Gasteiger partial charge is 0.280 e. The molecule has 2 nitrogen and oxygen atoms in total. The molecule has 84 valence electrons. The third-order valence-electron chi connectivity index (χ3n) is 1.79. The molecule has 2 N–H and O–H groups in total. The first-order chi connectivity index (χ1) is 6.08. The third kappa shape index (κ3) is 4.99. The lowest BCUT2D eigenvalue weighted by molar-refractivity contribution is -0.424. The Bertz CT molecular complexity index is 208. The lowest BCUT2D eigenvalue weighted by Crippen LogP contribution is -2.76. The van der Waals surface area contributed by atoms with E-state index < -0.39 is 0 Å². The molecule has 0 radical (unpaired) electrons. The van der Waals surface area contributed by atoms with Crippen LogP contribution in [0.15, 0.2) is 0 Å². The molecule has 0 amide bonds. The first-order valence-electron chi connectivity index (χ1n) is 5.05. The van der Waals surface area contributed by atoms with Crippen LogP contribution in [-0.2, 0) is 0 Å². The van der Waals surface area contributed by atoms with Crippen LogP contribution >= 0.6 is 15.9 Å². The summed E-state index contributed by atoms with van der Waals surface area (Å²) >= 11 is 3.72. The Morgan fingerprint density at radius 1 is 1.14 bits per heavy atom. The van der Waals surface area contributed by atoms with E-state index in [1.54, 1.807) is 0 Å². The van der Waals surface area contributed by atoms with Crippen LogP contribution in [0.5, 0.6) is 0 Å². The SMILES string of the molecule is C[NH+]=C(NC(C)(C)C)C(Br)C(C)(C)C. The van der Waals surface area contributed by atoms with Crippen molar-refractivity contribution in [3.8, 4) is 0 Å². The molecule has 0 aliphatic carbocycles. The summed E-state index contributed by atoms with van der Waals surface area (Å²) < 4.78 is 0. The first kappa shape index (κ1) is 13.9. The van der Waals surface area contributed by atoms with E-state index in [4.69, 9.17) is 0 Å². The van der Waals surface area contributed by atoms with Crippen LogP contribution in [0, 0.1) is 5.41 Å². The van der Waals surface area contributed by atoms with Crippen molar-refractivity contribution in [3.05, 3.63) is 0 Å². The average Bonchev–Trinajstić information content (AvgIpc) is 1.95. The Kier molecular flexibility index (Phi) is 4.63. The van der Waals surface area contributed by atoms with Crippen LogP contribution in [0.3, 0.4) is 0 Å². The summed E-state index contributed by atoms with van der Waals surface area (Å²) in [6, 6.07) is 0. The zero-order valence-electron chi connectivity index (χ0n) is 10.5. The van der Waals surface area contributed by atoms with Gasteiger partial charge in [0, 0.05) is 0 Å². The fourth-order valence-corrected chi connectivity index (χ4v) is 1.43. The summed E-state index contributed by atoms with van der Waals surface area (Å²) in [6.07, 6.45) is 0. The summed E-state index contributed by atoms with van der Waals surface area (Å²) in [7, 11) is 1.95. The highest BCUT2D eigenvalue weighted by Crippen LogP contribution is 2.25. The lowest BCUT2D eigenvalue weighted by Gasteiger charge is -2.27. The smallest absolute Gasteiger partial charge is 0.257 e. The highest BCUT2D eigenvalue weighted by molar-refractivity contribution is 9.10. The van der Waals surface area contributed by atoms with Crippen molar-refractivity contribution in [3.63, 3.8) is 0 Å². The zero-order valence-corrected chi connectivity index (χ0v) is 12.0. The van der Waals surface area contributed by atoms with Gasteiger partial charge in [-0.3, -0.25) is 10.3 Å². The highest BCUT2D eigenvalue weighted by Gasteiger charge is 2.33. The molecule has 1 atom stereocenters. The van der Waals surface area contributed by atoms with Gasteiger partial charge in [-0.1, -0.05) is 36.7 Å². The van der Waals surface area contributed by atoms with E-state index in [1.807, 2.05) is 7.05 Å². The molecule has 0 saturated heterocycles. The van der Waals surface area contributed by atoms with Crippen LogP contribution in [0.2, 0.25) is 0 Å². The van der Waals surface area contributed by atoms with Gasteiger partial charge in [0.15, 0.2) is 0 Å². The van der Waals surface area contributed by atoms with E-state index in [1.165, 1.54) is 0 Å². The van der Waals surface area contributed by atoms with Gasteiger partial charge in [-0.2, -0.15) is 0 Å². The molecule has 0 aromatic rings. The number of hydrogen-bond acceptors (Lipinski definition) is 0. The van der Waals surface area contributed by atoms with Gasteiger partial charge < -0.3 is 0 Å². The molecule has 0 spiro atoms. The molecular formula is C11H24BrN2+. The molecule has 0 aliphatic heterocycles. The number of amidine groups is 1. The van der Waals surface area contributed by atoms with Crippen LogP contribution in [0.1, 0.15) is 41.5 Å². The maximum atomic E-state index is 3.72. The minimum absolute atomic E-state index is 0.0929. The molecule has 3 heteroatoms. The van der Waals surface area contributed by atoms with Crippen LogP contribution in [-0.4, -0.2) is 23.2 Å². The van der Waals surface area contributed by atoms with E-state index in [0.29, 0.717) is 4.83 Å². The van der Waals surface area contributed by atoms with Crippen molar-refractivity contribution >= 4 is 21.8 Å². The van der Waals surface area contributed by atoms with Crippen molar-refractivity contribution in [1.82, 2.24) is 5.32 Å². The van der Waals surface area contributed by atoms with E-state index in [9.17, 15) is 0 Å². The summed E-state index contributed by atoms with van der Waals surface area (Å²) in [5, 5.41) is 3.47. The van der Waals surface area contributed by atoms with Gasteiger partial charge in [-0.05, 0) is 26.2 Å². The lowest BCUT2D eigenvalue weighted by atomic mass is 9.91. The normalized spacial score (nSPS) is 16.7. The molecule has 0 aliphatic rings. The Labute approximate surface area is 96.7 Å². The molecule has 1 unspecified atom stereocenters. The zero-order chi connectivity index (χ0) is 11.6. The number of halogens is 1. The predicted molar refractivity (Wildman–Crippen MR) is 67.0 cm³/mol. The topological polar surface area (TPSA) is 26.0 Å². The second kappa shape index (κ2) is 4.65. The van der Waals surface area contributed by atoms with Gasteiger partial charge in [0.2, 0.25) is 0 Å². The van der Waals surface area contributed by atoms with Gasteiger partial charge in [0.05, 0.1) is 12.6 Å². The quantitative estimate of drug-likeness (QED) is 0.416. The number of alkyl halides is 1. The van der Waals surface area contributed by atoms with E-state index in [-0.39, 0.29) is 11.0 Å². The van der Waals surface area contributed by atoms with Gasteiger partial charge in [-0.15, -0.1) is 0 Å². The van der Waals surface area contributed by atoms with Gasteiger partial charge in [-0.25, -0.2) is 0 Å². The molecule has 0 rings (SSSR count). The second-order valence-electron chi connectivity index (χ2n) is 5.77. The monoisotopic (exact) mass is 263 g/mol. The second-order valence-corrected chi connectivity index (χ2v) is 6.68. The third-order valence-corrected chi connectivity index (χ3v) is 3.62. The molecule has 0 fully saturated rings. The molecule has 0 aromatic carbocycles. The maximum Gasteiger partial charge on any atom is 0.257 e. The summed E-state index contributed by atoms with van der Waals surface area (Å²) in [4.78, 5) is 3.54. The van der Waals surface area contributed by atoms with Crippen molar-refractivity contribution in [2.75, 3.05) is 7.05 Å². The van der Waals surface area contributed by atoms with Crippen molar-refractivity contribution in [1.29, 1.82) is 0 Å². The van der Waals surface area contributed by atoms with Gasteiger partial charge in [0.1, 0.15) is 4.83 Å². The fourth-order valence-electron chi connectivity index (χ4n) is 1.09. The summed E-state index contributed by atoms with van der Waals surface area (Å²) in [5.74, 6) is 1.14.